The molecule has 0 aliphatic heterocycles. The van der Waals surface area contributed by atoms with Crippen LogP contribution < -0.4 is 11.1 Å². The van der Waals surface area contributed by atoms with Crippen LogP contribution in [0, 0.1) is 0 Å². The zero-order chi connectivity index (χ0) is 13.4. The number of nitrogens with two attached hydrogens (primary N) is 1. The number of carbonyl (C=O) groups is 1. The highest BCUT2D eigenvalue weighted by Crippen LogP contribution is 2.11. The molecule has 0 fully saturated rings. The van der Waals surface area contributed by atoms with Gasteiger partial charge in [0.1, 0.15) is 0 Å². The van der Waals surface area contributed by atoms with Crippen LogP contribution in [0.15, 0.2) is 24.3 Å². The first-order valence-corrected chi connectivity index (χ1v) is 6.77. The first-order chi connectivity index (χ1) is 8.65. The molecule has 1 atom stereocenters. The summed E-state index contributed by atoms with van der Waals surface area (Å²) in [4.78, 5) is 11.8. The molecule has 0 saturated heterocycles. The summed E-state index contributed by atoms with van der Waals surface area (Å²) in [6.07, 6.45) is 3.48. The van der Waals surface area contributed by atoms with Gasteiger partial charge >= 0.3 is 0 Å². The number of nitrogens with one attached hydrogen (secondary N) is 1. The van der Waals surface area contributed by atoms with Gasteiger partial charge in [0, 0.05) is 17.6 Å². The molecule has 1 aromatic rings. The number of halogens is 1. The van der Waals surface area contributed by atoms with E-state index < -0.39 is 0 Å². The van der Waals surface area contributed by atoms with Crippen molar-refractivity contribution in [2.24, 2.45) is 5.73 Å². The molecule has 100 valence electrons. The van der Waals surface area contributed by atoms with Crippen molar-refractivity contribution in [1.82, 2.24) is 5.32 Å². The fourth-order valence-electron chi connectivity index (χ4n) is 1.81. The second-order valence-corrected chi connectivity index (χ2v) is 4.89. The molecule has 18 heavy (non-hydrogen) atoms. The number of unbranched alkanes of at least 4 members (excludes halogenated alkanes) is 1. The van der Waals surface area contributed by atoms with Crippen LogP contribution in [0.3, 0.4) is 0 Å². The van der Waals surface area contributed by atoms with E-state index in [4.69, 9.17) is 17.3 Å². The molecule has 0 bridgehead atoms. The predicted molar refractivity (Wildman–Crippen MR) is 75.7 cm³/mol. The van der Waals surface area contributed by atoms with Crippen LogP contribution in [0.4, 0.5) is 0 Å². The maximum atomic E-state index is 11.8. The Morgan fingerprint density at radius 1 is 1.50 bits per heavy atom. The molecule has 1 amide bonds. The van der Waals surface area contributed by atoms with Crippen molar-refractivity contribution in [3.63, 3.8) is 0 Å². The van der Waals surface area contributed by atoms with Gasteiger partial charge in [0.15, 0.2) is 0 Å². The van der Waals surface area contributed by atoms with E-state index >= 15 is 0 Å². The largest absolute Gasteiger partial charge is 0.352 e. The van der Waals surface area contributed by atoms with Gasteiger partial charge in [-0.25, -0.2) is 0 Å². The number of amides is 1. The van der Waals surface area contributed by atoms with Gasteiger partial charge in [0.2, 0.25) is 5.91 Å². The molecule has 0 aromatic heterocycles. The average molecular weight is 269 g/mol. The van der Waals surface area contributed by atoms with E-state index in [1.807, 2.05) is 18.2 Å². The van der Waals surface area contributed by atoms with E-state index in [1.54, 1.807) is 6.07 Å². The van der Waals surface area contributed by atoms with E-state index in [-0.39, 0.29) is 11.9 Å². The van der Waals surface area contributed by atoms with Gasteiger partial charge in [-0.3, -0.25) is 4.79 Å². The average Bonchev–Trinajstić information content (AvgIpc) is 2.34. The standard InChI is InChI=1S/C14H21ClN2O/c1-2-3-7-13(10-16)17-14(18)9-11-5-4-6-12(15)8-11/h4-6,8,13H,2-3,7,9-10,16H2,1H3,(H,17,18). The van der Waals surface area contributed by atoms with Crippen molar-refractivity contribution in [1.29, 1.82) is 0 Å². The number of hydrogen-bond acceptors (Lipinski definition) is 2. The highest BCUT2D eigenvalue weighted by molar-refractivity contribution is 6.30. The van der Waals surface area contributed by atoms with E-state index in [0.29, 0.717) is 18.0 Å². The molecule has 0 saturated carbocycles. The zero-order valence-corrected chi connectivity index (χ0v) is 11.5. The third kappa shape index (κ3) is 5.52. The third-order valence-electron chi connectivity index (χ3n) is 2.81. The van der Waals surface area contributed by atoms with E-state index in [2.05, 4.69) is 12.2 Å². The Balaban J connectivity index is 2.45. The lowest BCUT2D eigenvalue weighted by Gasteiger charge is -2.16. The molecular weight excluding hydrogens is 248 g/mol. The molecule has 4 heteroatoms. The lowest BCUT2D eigenvalue weighted by Crippen LogP contribution is -2.40. The van der Waals surface area contributed by atoms with E-state index in [0.717, 1.165) is 24.8 Å². The zero-order valence-electron chi connectivity index (χ0n) is 10.8. The van der Waals surface area contributed by atoms with Crippen LogP contribution in [0.5, 0.6) is 0 Å². The molecule has 1 aromatic carbocycles. The summed E-state index contributed by atoms with van der Waals surface area (Å²) in [5.74, 6) is 0.00354. The van der Waals surface area contributed by atoms with Gasteiger partial charge in [-0.05, 0) is 24.1 Å². The monoisotopic (exact) mass is 268 g/mol. The molecule has 1 rings (SSSR count). The highest BCUT2D eigenvalue weighted by Gasteiger charge is 2.10. The quantitative estimate of drug-likeness (QED) is 0.798. The lowest BCUT2D eigenvalue weighted by molar-refractivity contribution is -0.121. The highest BCUT2D eigenvalue weighted by atomic mass is 35.5. The molecule has 0 radical (unpaired) electrons. The lowest BCUT2D eigenvalue weighted by atomic mass is 10.1. The summed E-state index contributed by atoms with van der Waals surface area (Å²) in [6, 6.07) is 7.44. The normalized spacial score (nSPS) is 12.2. The molecule has 0 spiro atoms. The van der Waals surface area contributed by atoms with Gasteiger partial charge in [0.25, 0.3) is 0 Å². The summed E-state index contributed by atoms with van der Waals surface area (Å²) in [7, 11) is 0. The fraction of sp³-hybridized carbons (Fsp3) is 0.500. The Labute approximate surface area is 114 Å². The Morgan fingerprint density at radius 2 is 2.28 bits per heavy atom. The van der Waals surface area contributed by atoms with Gasteiger partial charge in [-0.1, -0.05) is 43.5 Å². The SMILES string of the molecule is CCCCC(CN)NC(=O)Cc1cccc(Cl)c1. The van der Waals surface area contributed by atoms with Crippen LogP contribution in [0.2, 0.25) is 5.02 Å². The Kier molecular flexibility index (Phi) is 6.76. The molecule has 1 unspecified atom stereocenters. The second kappa shape index (κ2) is 8.11. The van der Waals surface area contributed by atoms with Crippen molar-refractivity contribution in [3.8, 4) is 0 Å². The van der Waals surface area contributed by atoms with Gasteiger partial charge in [-0.15, -0.1) is 0 Å². The topological polar surface area (TPSA) is 55.1 Å². The van der Waals surface area contributed by atoms with Crippen molar-refractivity contribution >= 4 is 17.5 Å². The second-order valence-electron chi connectivity index (χ2n) is 4.45. The maximum Gasteiger partial charge on any atom is 0.224 e. The van der Waals surface area contributed by atoms with Gasteiger partial charge in [0.05, 0.1) is 6.42 Å². The predicted octanol–water partition coefficient (Wildman–Crippen LogP) is 2.52. The summed E-state index contributed by atoms with van der Waals surface area (Å²) < 4.78 is 0. The summed E-state index contributed by atoms with van der Waals surface area (Å²) in [6.45, 7) is 2.61. The number of rotatable bonds is 7. The minimum absolute atomic E-state index is 0.00354. The van der Waals surface area contributed by atoms with E-state index in [9.17, 15) is 4.79 Å². The number of hydrogen-bond donors (Lipinski definition) is 2. The summed E-state index contributed by atoms with van der Waals surface area (Å²) >= 11 is 5.88. The van der Waals surface area contributed by atoms with Gasteiger partial charge < -0.3 is 11.1 Å². The Hall–Kier alpha value is -1.06. The van der Waals surface area contributed by atoms with Crippen LogP contribution >= 0.6 is 11.6 Å². The maximum absolute atomic E-state index is 11.8. The van der Waals surface area contributed by atoms with Crippen LogP contribution in [-0.4, -0.2) is 18.5 Å². The minimum Gasteiger partial charge on any atom is -0.352 e. The molecule has 3 N–H and O–H groups in total. The molecular formula is C14H21ClN2O. The Bertz CT molecular complexity index is 382. The summed E-state index contributed by atoms with van der Waals surface area (Å²) in [5, 5.41) is 3.62. The fourth-order valence-corrected chi connectivity index (χ4v) is 2.02. The van der Waals surface area contributed by atoms with Crippen LogP contribution in [-0.2, 0) is 11.2 Å². The molecule has 0 heterocycles. The van der Waals surface area contributed by atoms with Crippen molar-refractivity contribution in [3.05, 3.63) is 34.9 Å². The van der Waals surface area contributed by atoms with Crippen LogP contribution in [0.25, 0.3) is 0 Å². The molecule has 3 nitrogen and oxygen atoms in total. The third-order valence-corrected chi connectivity index (χ3v) is 3.04. The first kappa shape index (κ1) is 15.0. The summed E-state index contributed by atoms with van der Waals surface area (Å²) in [5.41, 5.74) is 6.57. The van der Waals surface area contributed by atoms with Gasteiger partial charge in [-0.2, -0.15) is 0 Å². The van der Waals surface area contributed by atoms with Crippen molar-refractivity contribution < 1.29 is 4.79 Å². The van der Waals surface area contributed by atoms with Crippen LogP contribution in [0.1, 0.15) is 31.7 Å². The number of benzene rings is 1. The first-order valence-electron chi connectivity index (χ1n) is 6.39. The van der Waals surface area contributed by atoms with Crippen molar-refractivity contribution in [2.75, 3.05) is 6.54 Å². The minimum atomic E-state index is 0.00354. The number of carbonyl (C=O) groups excluding carboxylic acids is 1. The molecule has 0 aliphatic carbocycles. The smallest absolute Gasteiger partial charge is 0.224 e. The van der Waals surface area contributed by atoms with Crippen molar-refractivity contribution in [2.45, 2.75) is 38.6 Å². The van der Waals surface area contributed by atoms with E-state index in [1.165, 1.54) is 0 Å². The Morgan fingerprint density at radius 3 is 2.89 bits per heavy atom. The molecule has 0 aliphatic rings.